The van der Waals surface area contributed by atoms with Gasteiger partial charge in [-0.05, 0) is 128 Å². The van der Waals surface area contributed by atoms with Gasteiger partial charge in [-0.3, -0.25) is 0 Å². The van der Waals surface area contributed by atoms with Crippen molar-refractivity contribution in [2.75, 3.05) is 5.75 Å². The van der Waals surface area contributed by atoms with Gasteiger partial charge in [0.2, 0.25) is 0 Å². The van der Waals surface area contributed by atoms with Crippen molar-refractivity contribution in [1.29, 1.82) is 0 Å². The molecule has 3 saturated carbocycles. The molecule has 7 atom stereocenters. The summed E-state index contributed by atoms with van der Waals surface area (Å²) in [6, 6.07) is 1.92. The first kappa shape index (κ1) is 34.8. The van der Waals surface area contributed by atoms with E-state index >= 15 is 0 Å². The Morgan fingerprint density at radius 3 is 2.14 bits per heavy atom. The highest BCUT2D eigenvalue weighted by atomic mass is 32.2. The van der Waals surface area contributed by atoms with Gasteiger partial charge in [-0.25, -0.2) is 9.97 Å². The maximum atomic E-state index is 7.23. The molecule has 0 saturated heterocycles. The van der Waals surface area contributed by atoms with E-state index in [2.05, 4.69) is 97.6 Å². The fourth-order valence-electron chi connectivity index (χ4n) is 9.22. The molecule has 248 valence electrons. The van der Waals surface area contributed by atoms with Crippen LogP contribution in [-0.4, -0.2) is 44.6 Å². The third-order valence-electron chi connectivity index (χ3n) is 14.2. The van der Waals surface area contributed by atoms with Crippen LogP contribution in [0.15, 0.2) is 35.3 Å². The lowest BCUT2D eigenvalue weighted by molar-refractivity contribution is -0.0828. The predicted octanol–water partition coefficient (Wildman–Crippen LogP) is 11.1. The Morgan fingerprint density at radius 2 is 1.50 bits per heavy atom. The van der Waals surface area contributed by atoms with Crippen LogP contribution in [0.5, 0.6) is 0 Å². The van der Waals surface area contributed by atoms with Crippen molar-refractivity contribution in [3.8, 4) is 0 Å². The van der Waals surface area contributed by atoms with Crippen molar-refractivity contribution < 1.29 is 8.85 Å². The predicted molar refractivity (Wildman–Crippen MR) is 192 cm³/mol. The maximum absolute atomic E-state index is 7.23. The molecule has 4 nitrogen and oxygen atoms in total. The smallest absolute Gasteiger partial charge is 0.192 e. The largest absolute Gasteiger partial charge is 0.414 e. The highest BCUT2D eigenvalue weighted by Gasteiger charge is 2.63. The van der Waals surface area contributed by atoms with Gasteiger partial charge in [0.25, 0.3) is 0 Å². The number of fused-ring (bicyclic) bond motifs is 5. The normalized spacial score (nSPS) is 36.3. The minimum Gasteiger partial charge on any atom is -0.414 e. The summed E-state index contributed by atoms with van der Waals surface area (Å²) in [7, 11) is -3.66. The molecule has 4 aliphatic carbocycles. The van der Waals surface area contributed by atoms with E-state index in [1.54, 1.807) is 0 Å². The summed E-state index contributed by atoms with van der Waals surface area (Å²) in [5.74, 6) is 2.54. The molecule has 1 heterocycles. The van der Waals surface area contributed by atoms with Crippen molar-refractivity contribution >= 4 is 28.4 Å². The van der Waals surface area contributed by atoms with Crippen LogP contribution in [0, 0.1) is 28.1 Å². The molecule has 0 aromatic carbocycles. The van der Waals surface area contributed by atoms with Crippen molar-refractivity contribution in [3.63, 3.8) is 0 Å². The molecule has 1 aromatic rings. The third kappa shape index (κ3) is 6.12. The molecule has 0 aliphatic heterocycles. The van der Waals surface area contributed by atoms with Gasteiger partial charge < -0.3 is 8.85 Å². The Hall–Kier alpha value is -0.476. The topological polar surface area (TPSA) is 44.2 Å². The first-order chi connectivity index (χ1) is 20.2. The first-order valence-corrected chi connectivity index (χ1v) is 24.5. The van der Waals surface area contributed by atoms with Crippen LogP contribution in [0.3, 0.4) is 0 Å². The SMILES string of the molecule is CC(C)(C)[Si](C)(C)O[C@H]1CC[C@]2(C)C3=CC[C@@]4(C)C(CC[C@@H]4O[Si](C)(C)C(C)(C)C)C3CC[C@]2(CCSc2ncccn2)C1. The number of aromatic nitrogens is 2. The standard InChI is InChI=1S/C37H64N2O2SSi2/c1-33(2,3)43(9,10)40-27-16-20-36(8)30-18-19-35(7)29(14-15-31(35)41-44(11,12)34(4,5)6)28(30)17-21-37(36,26-27)22-25-42-32-38-23-13-24-39-32/h13,18,23-24,27-29,31H,14-17,19-22,25-26H2,1-12H3/t27-,28?,29?,31-,35-,36+,37-/m0/s1. The second-order valence-corrected chi connectivity index (χ2v) is 29.1. The van der Waals surface area contributed by atoms with Gasteiger partial charge in [0, 0.05) is 24.3 Å². The second-order valence-electron chi connectivity index (χ2n) is 18.6. The lowest BCUT2D eigenvalue weighted by Gasteiger charge is -2.63. The van der Waals surface area contributed by atoms with Gasteiger partial charge in [-0.2, -0.15) is 0 Å². The summed E-state index contributed by atoms with van der Waals surface area (Å²) in [4.78, 5) is 9.08. The second kappa shape index (κ2) is 11.9. The third-order valence-corrected chi connectivity index (χ3v) is 24.1. The van der Waals surface area contributed by atoms with E-state index in [9.17, 15) is 0 Å². The monoisotopic (exact) mass is 656 g/mol. The van der Waals surface area contributed by atoms with Gasteiger partial charge in [-0.15, -0.1) is 0 Å². The molecular weight excluding hydrogens is 593 g/mol. The molecule has 4 aliphatic rings. The van der Waals surface area contributed by atoms with E-state index in [0.717, 1.165) is 16.8 Å². The number of allylic oxidation sites excluding steroid dienone is 2. The molecule has 7 heteroatoms. The zero-order valence-corrected chi connectivity index (χ0v) is 33.1. The molecular formula is C37H64N2O2SSi2. The van der Waals surface area contributed by atoms with E-state index in [-0.39, 0.29) is 26.3 Å². The number of hydrogen-bond donors (Lipinski definition) is 0. The Morgan fingerprint density at radius 1 is 0.864 bits per heavy atom. The summed E-state index contributed by atoms with van der Waals surface area (Å²) in [5, 5.41) is 1.40. The van der Waals surface area contributed by atoms with Crippen LogP contribution in [0.4, 0.5) is 0 Å². The molecule has 0 radical (unpaired) electrons. The minimum atomic E-state index is -1.84. The summed E-state index contributed by atoms with van der Waals surface area (Å²) >= 11 is 1.85. The Bertz CT molecular complexity index is 1210. The minimum absolute atomic E-state index is 0.237. The average molecular weight is 657 g/mol. The van der Waals surface area contributed by atoms with Gasteiger partial charge in [0.15, 0.2) is 21.8 Å². The number of rotatable bonds is 8. The number of thioether (sulfide) groups is 1. The van der Waals surface area contributed by atoms with Gasteiger partial charge in [0.05, 0.1) is 6.10 Å². The Balaban J connectivity index is 1.43. The van der Waals surface area contributed by atoms with Crippen molar-refractivity contribution in [3.05, 3.63) is 30.1 Å². The molecule has 0 bridgehead atoms. The zero-order valence-electron chi connectivity index (χ0n) is 30.3. The number of hydrogen-bond acceptors (Lipinski definition) is 5. The van der Waals surface area contributed by atoms with Crippen molar-refractivity contribution in [2.24, 2.45) is 28.1 Å². The van der Waals surface area contributed by atoms with E-state index in [1.165, 1.54) is 57.8 Å². The highest BCUT2D eigenvalue weighted by molar-refractivity contribution is 7.99. The quantitative estimate of drug-likeness (QED) is 0.121. The number of nitrogens with zero attached hydrogens (tertiary/aromatic N) is 2. The van der Waals surface area contributed by atoms with Crippen molar-refractivity contribution in [2.45, 2.75) is 167 Å². The summed E-state index contributed by atoms with van der Waals surface area (Å²) in [6.07, 6.45) is 18.6. The Kier molecular flexibility index (Phi) is 9.42. The van der Waals surface area contributed by atoms with Gasteiger partial charge >= 0.3 is 0 Å². The van der Waals surface area contributed by atoms with E-state index < -0.39 is 16.6 Å². The Labute approximate surface area is 277 Å². The van der Waals surface area contributed by atoms with Crippen LogP contribution in [0.2, 0.25) is 36.3 Å². The fraction of sp³-hybridized carbons (Fsp3) is 0.838. The maximum Gasteiger partial charge on any atom is 0.192 e. The summed E-state index contributed by atoms with van der Waals surface area (Å²) in [5.41, 5.74) is 2.60. The molecule has 2 unspecified atom stereocenters. The van der Waals surface area contributed by atoms with E-state index in [4.69, 9.17) is 8.85 Å². The molecule has 1 aromatic heterocycles. The van der Waals surface area contributed by atoms with E-state index in [1.807, 2.05) is 35.8 Å². The van der Waals surface area contributed by atoms with Crippen LogP contribution < -0.4 is 0 Å². The fourth-order valence-corrected chi connectivity index (χ4v) is 13.0. The van der Waals surface area contributed by atoms with Crippen LogP contribution >= 0.6 is 11.8 Å². The zero-order chi connectivity index (χ0) is 32.4. The summed E-state index contributed by atoms with van der Waals surface area (Å²) < 4.78 is 14.4. The average Bonchev–Trinajstić information content (AvgIpc) is 3.24. The lowest BCUT2D eigenvalue weighted by atomic mass is 9.42. The molecule has 0 spiro atoms. The molecule has 3 fully saturated rings. The van der Waals surface area contributed by atoms with E-state index in [0.29, 0.717) is 18.1 Å². The molecule has 0 amide bonds. The van der Waals surface area contributed by atoms with Crippen LogP contribution in [0.25, 0.3) is 0 Å². The summed E-state index contributed by atoms with van der Waals surface area (Å²) in [6.45, 7) is 29.4. The highest BCUT2D eigenvalue weighted by Crippen LogP contribution is 2.70. The first-order valence-electron chi connectivity index (χ1n) is 17.7. The molecule has 5 rings (SSSR count). The van der Waals surface area contributed by atoms with Gasteiger partial charge in [0.1, 0.15) is 0 Å². The molecule has 44 heavy (non-hydrogen) atoms. The molecule has 0 N–H and O–H groups in total. The van der Waals surface area contributed by atoms with Crippen LogP contribution in [0.1, 0.15) is 113 Å². The van der Waals surface area contributed by atoms with Crippen LogP contribution in [-0.2, 0) is 8.85 Å². The van der Waals surface area contributed by atoms with Crippen molar-refractivity contribution in [1.82, 2.24) is 9.97 Å². The van der Waals surface area contributed by atoms with Gasteiger partial charge in [-0.1, -0.05) is 78.8 Å². The lowest BCUT2D eigenvalue weighted by Crippen LogP contribution is -2.57.